The van der Waals surface area contributed by atoms with Crippen LogP contribution in [0, 0.1) is 0 Å². The minimum atomic E-state index is 0.762. The maximum atomic E-state index is 6.46. The molecule has 3 heterocycles. The molecule has 0 amide bonds. The molecule has 4 rings (SSSR count). The first-order valence-corrected chi connectivity index (χ1v) is 18.2. The molecular weight excluding hydrogens is 537 g/mol. The van der Waals surface area contributed by atoms with E-state index in [1.807, 2.05) is 34.4 Å². The van der Waals surface area contributed by atoms with Crippen molar-refractivity contribution in [3.05, 3.63) is 35.0 Å². The van der Waals surface area contributed by atoms with Crippen LogP contribution in [0.15, 0.2) is 44.8 Å². The summed E-state index contributed by atoms with van der Waals surface area (Å²) in [6.07, 6.45) is 21.0. The average molecular weight is 585 g/mol. The van der Waals surface area contributed by atoms with Crippen molar-refractivity contribution in [3.63, 3.8) is 0 Å². The van der Waals surface area contributed by atoms with Gasteiger partial charge in [0.05, 0.1) is 13.2 Å². The molecule has 0 saturated carbocycles. The van der Waals surface area contributed by atoms with Gasteiger partial charge in [-0.3, -0.25) is 0 Å². The predicted octanol–water partition coefficient (Wildman–Crippen LogP) is 12.6. The maximum absolute atomic E-state index is 6.46. The smallest absolute Gasteiger partial charge is 0.161 e. The molecule has 0 fully saturated rings. The summed E-state index contributed by atoms with van der Waals surface area (Å²) in [4.78, 5) is 5.40. The summed E-state index contributed by atoms with van der Waals surface area (Å²) in [5.74, 6) is 1.83. The molecule has 1 aliphatic heterocycles. The number of hydrogen-bond acceptors (Lipinski definition) is 5. The number of thiophene rings is 2. The van der Waals surface area contributed by atoms with E-state index in [1.54, 1.807) is 0 Å². The molecule has 39 heavy (non-hydrogen) atoms. The van der Waals surface area contributed by atoms with Gasteiger partial charge in [0.2, 0.25) is 0 Å². The number of unbranched alkanes of at least 4 members (excludes halogenated alkanes) is 14. The van der Waals surface area contributed by atoms with Crippen molar-refractivity contribution in [2.75, 3.05) is 13.2 Å². The molecule has 1 aromatic carbocycles. The first-order chi connectivity index (χ1) is 19.3. The standard InChI is InChI=1S/C34H48O2S3/c1-3-5-7-9-11-13-15-17-21-35-29-25-27-28(26-30(29)36-22-18-16-14-12-10-8-6-4-2)34-32(20-24-38-34)39-31-19-23-37-33(27)31/h19-20,23-26H,3-18,21-22H2,1-2H3. The van der Waals surface area contributed by atoms with Gasteiger partial charge in [-0.2, -0.15) is 0 Å². The zero-order valence-corrected chi connectivity index (χ0v) is 26.7. The van der Waals surface area contributed by atoms with Crippen molar-refractivity contribution in [2.45, 2.75) is 126 Å². The van der Waals surface area contributed by atoms with Gasteiger partial charge in [-0.25, -0.2) is 0 Å². The number of rotatable bonds is 20. The van der Waals surface area contributed by atoms with Crippen LogP contribution >= 0.6 is 34.4 Å². The molecule has 0 N–H and O–H groups in total. The Kier molecular flexibility index (Phi) is 13.6. The molecule has 0 saturated heterocycles. The Morgan fingerprint density at radius 2 is 0.897 bits per heavy atom. The van der Waals surface area contributed by atoms with Crippen LogP contribution in [0.25, 0.3) is 20.9 Å². The number of fused-ring (bicyclic) bond motifs is 5. The molecule has 2 aromatic heterocycles. The normalized spacial score (nSPS) is 12.1. The summed E-state index contributed by atoms with van der Waals surface area (Å²) < 4.78 is 12.9. The molecule has 1 aliphatic rings. The van der Waals surface area contributed by atoms with Gasteiger partial charge >= 0.3 is 0 Å². The second-order valence-corrected chi connectivity index (χ2v) is 13.7. The summed E-state index contributed by atoms with van der Waals surface area (Å²) in [7, 11) is 0. The van der Waals surface area contributed by atoms with E-state index in [0.717, 1.165) is 37.6 Å². The Labute approximate surface area is 249 Å². The van der Waals surface area contributed by atoms with Crippen molar-refractivity contribution in [3.8, 4) is 32.4 Å². The van der Waals surface area contributed by atoms with E-state index >= 15 is 0 Å². The summed E-state index contributed by atoms with van der Waals surface area (Å²) in [6.45, 7) is 6.09. The van der Waals surface area contributed by atoms with Crippen molar-refractivity contribution < 1.29 is 9.47 Å². The first kappa shape index (κ1) is 30.5. The summed E-state index contributed by atoms with van der Waals surface area (Å²) in [5, 5.41) is 4.43. The van der Waals surface area contributed by atoms with Crippen LogP contribution in [0.1, 0.15) is 117 Å². The maximum Gasteiger partial charge on any atom is 0.161 e. The van der Waals surface area contributed by atoms with Gasteiger partial charge in [0, 0.05) is 30.7 Å². The number of hydrogen-bond donors (Lipinski definition) is 0. The highest BCUT2D eigenvalue weighted by Crippen LogP contribution is 2.54. The van der Waals surface area contributed by atoms with E-state index in [0.29, 0.717) is 0 Å². The summed E-state index contributed by atoms with van der Waals surface area (Å²) in [5.41, 5.74) is 2.58. The van der Waals surface area contributed by atoms with E-state index in [-0.39, 0.29) is 0 Å². The molecule has 214 valence electrons. The lowest BCUT2D eigenvalue weighted by molar-refractivity contribution is 0.258. The Bertz CT molecular complexity index is 1010. The van der Waals surface area contributed by atoms with Crippen molar-refractivity contribution in [2.24, 2.45) is 0 Å². The van der Waals surface area contributed by atoms with E-state index in [1.165, 1.54) is 121 Å². The largest absolute Gasteiger partial charge is 0.490 e. The molecule has 2 nitrogen and oxygen atoms in total. The molecule has 0 unspecified atom stereocenters. The van der Waals surface area contributed by atoms with Crippen LogP contribution in [0.2, 0.25) is 0 Å². The molecule has 3 aromatic rings. The molecule has 5 heteroatoms. The van der Waals surface area contributed by atoms with E-state index in [4.69, 9.17) is 9.47 Å². The van der Waals surface area contributed by atoms with Crippen molar-refractivity contribution in [1.29, 1.82) is 0 Å². The molecule has 0 radical (unpaired) electrons. The lowest BCUT2D eigenvalue weighted by Crippen LogP contribution is -2.03. The first-order valence-electron chi connectivity index (χ1n) is 15.6. The Hall–Kier alpha value is -1.43. The van der Waals surface area contributed by atoms with Crippen molar-refractivity contribution >= 4 is 34.4 Å². The summed E-state index contributed by atoms with van der Waals surface area (Å²) in [6, 6.07) is 9.06. The van der Waals surface area contributed by atoms with Gasteiger partial charge in [0.25, 0.3) is 0 Å². The fourth-order valence-electron chi connectivity index (χ4n) is 5.26. The average Bonchev–Trinajstić information content (AvgIpc) is 3.59. The van der Waals surface area contributed by atoms with Crippen LogP contribution in [0.3, 0.4) is 0 Å². The lowest BCUT2D eigenvalue weighted by Gasteiger charge is -2.17. The third-order valence-electron chi connectivity index (χ3n) is 7.56. The van der Waals surface area contributed by atoms with Crippen molar-refractivity contribution in [1.82, 2.24) is 0 Å². The minimum Gasteiger partial charge on any atom is -0.490 e. The van der Waals surface area contributed by atoms with Crippen LogP contribution in [0.4, 0.5) is 0 Å². The minimum absolute atomic E-state index is 0.762. The van der Waals surface area contributed by atoms with E-state index in [9.17, 15) is 0 Å². The highest BCUT2D eigenvalue weighted by atomic mass is 32.2. The van der Waals surface area contributed by atoms with Gasteiger partial charge in [0.15, 0.2) is 11.5 Å². The van der Waals surface area contributed by atoms with Crippen LogP contribution in [-0.4, -0.2) is 13.2 Å². The third kappa shape index (κ3) is 9.30. The molecule has 0 spiro atoms. The predicted molar refractivity (Wildman–Crippen MR) is 173 cm³/mol. The zero-order chi connectivity index (χ0) is 27.1. The molecule has 0 bridgehead atoms. The highest BCUT2D eigenvalue weighted by Gasteiger charge is 2.24. The monoisotopic (exact) mass is 584 g/mol. The fraction of sp³-hybridized carbons (Fsp3) is 0.588. The molecular formula is C34H48O2S3. The van der Waals surface area contributed by atoms with Gasteiger partial charge in [-0.15, -0.1) is 22.7 Å². The Morgan fingerprint density at radius 1 is 0.513 bits per heavy atom. The second kappa shape index (κ2) is 17.4. The topological polar surface area (TPSA) is 18.5 Å². The van der Waals surface area contributed by atoms with Crippen LogP contribution in [0.5, 0.6) is 11.5 Å². The summed E-state index contributed by atoms with van der Waals surface area (Å²) >= 11 is 5.56. The molecule has 0 atom stereocenters. The van der Waals surface area contributed by atoms with E-state index in [2.05, 4.69) is 48.9 Å². The number of benzene rings is 1. The second-order valence-electron chi connectivity index (χ2n) is 10.8. The highest BCUT2D eigenvalue weighted by molar-refractivity contribution is 8.00. The molecule has 0 aliphatic carbocycles. The Morgan fingerprint density at radius 3 is 1.31 bits per heavy atom. The number of ether oxygens (including phenoxy) is 2. The van der Waals surface area contributed by atoms with Crippen LogP contribution in [-0.2, 0) is 0 Å². The van der Waals surface area contributed by atoms with Gasteiger partial charge < -0.3 is 9.47 Å². The third-order valence-corrected chi connectivity index (χ3v) is 10.8. The lowest BCUT2D eigenvalue weighted by atomic mass is 10.0. The zero-order valence-electron chi connectivity index (χ0n) is 24.2. The van der Waals surface area contributed by atoms with Gasteiger partial charge in [-0.1, -0.05) is 116 Å². The van der Waals surface area contributed by atoms with Gasteiger partial charge in [-0.05, 0) is 47.9 Å². The van der Waals surface area contributed by atoms with Gasteiger partial charge in [0.1, 0.15) is 0 Å². The van der Waals surface area contributed by atoms with Crippen LogP contribution < -0.4 is 9.47 Å². The quantitative estimate of drug-likeness (QED) is 0.0963. The van der Waals surface area contributed by atoms with E-state index < -0.39 is 0 Å². The fourth-order valence-corrected chi connectivity index (χ4v) is 8.53. The Balaban J connectivity index is 1.39. The SMILES string of the molecule is CCCCCCCCCCOc1cc2c(cc1OCCCCCCCCCC)-c1sccc1Sc1ccsc1-2.